The van der Waals surface area contributed by atoms with Gasteiger partial charge in [-0.1, -0.05) is 0 Å². The molecular formula is C10H11FN2. The zero-order valence-corrected chi connectivity index (χ0v) is 7.61. The highest BCUT2D eigenvalue weighted by Gasteiger charge is 2.05. The fourth-order valence-electron chi connectivity index (χ4n) is 1.47. The summed E-state index contributed by atoms with van der Waals surface area (Å²) < 4.78 is 13.2. The molecule has 0 radical (unpaired) electrons. The van der Waals surface area contributed by atoms with E-state index in [1.807, 2.05) is 19.2 Å². The summed E-state index contributed by atoms with van der Waals surface area (Å²) in [6.07, 6.45) is 1.88. The van der Waals surface area contributed by atoms with E-state index in [4.69, 9.17) is 0 Å². The van der Waals surface area contributed by atoms with Crippen molar-refractivity contribution >= 4 is 16.6 Å². The molecule has 68 valence electrons. The second-order valence-electron chi connectivity index (χ2n) is 3.10. The number of benzene rings is 1. The monoisotopic (exact) mass is 178 g/mol. The molecule has 0 aliphatic rings. The van der Waals surface area contributed by atoms with Gasteiger partial charge >= 0.3 is 0 Å². The molecular weight excluding hydrogens is 167 g/mol. The molecule has 3 heteroatoms. The number of hydrogen-bond donors (Lipinski definition) is 2. The average molecular weight is 178 g/mol. The van der Waals surface area contributed by atoms with Gasteiger partial charge in [-0.2, -0.15) is 0 Å². The summed E-state index contributed by atoms with van der Waals surface area (Å²) in [7, 11) is 1.71. The molecule has 0 spiro atoms. The summed E-state index contributed by atoms with van der Waals surface area (Å²) in [5, 5.41) is 3.88. The van der Waals surface area contributed by atoms with E-state index in [-0.39, 0.29) is 5.82 Å². The number of H-pyrrole nitrogens is 1. The van der Waals surface area contributed by atoms with Crippen LogP contribution in [0, 0.1) is 12.7 Å². The van der Waals surface area contributed by atoms with Crippen LogP contribution in [-0.2, 0) is 0 Å². The molecule has 0 bridgehead atoms. The minimum absolute atomic E-state index is 0.225. The third kappa shape index (κ3) is 1.16. The first-order chi connectivity index (χ1) is 6.22. The molecule has 0 amide bonds. The van der Waals surface area contributed by atoms with Crippen LogP contribution >= 0.6 is 0 Å². The van der Waals surface area contributed by atoms with Crippen LogP contribution in [0.1, 0.15) is 5.56 Å². The predicted molar refractivity (Wildman–Crippen MR) is 52.5 cm³/mol. The van der Waals surface area contributed by atoms with Gasteiger partial charge in [0.2, 0.25) is 0 Å². The number of aryl methyl sites for hydroxylation is 1. The van der Waals surface area contributed by atoms with Crippen molar-refractivity contribution in [2.75, 3.05) is 12.4 Å². The highest BCUT2D eigenvalue weighted by atomic mass is 19.1. The van der Waals surface area contributed by atoms with Gasteiger partial charge in [0.1, 0.15) is 5.82 Å². The van der Waals surface area contributed by atoms with E-state index in [1.165, 1.54) is 6.07 Å². The zero-order valence-electron chi connectivity index (χ0n) is 7.61. The molecule has 1 heterocycles. The van der Waals surface area contributed by atoms with Crippen LogP contribution in [0.3, 0.4) is 0 Å². The Morgan fingerprint density at radius 1 is 1.38 bits per heavy atom. The number of halogens is 1. The molecule has 1 aromatic heterocycles. The molecule has 2 aromatic rings. The number of rotatable bonds is 1. The summed E-state index contributed by atoms with van der Waals surface area (Å²) in [5.74, 6) is -0.225. The lowest BCUT2D eigenvalue weighted by atomic mass is 10.1. The molecule has 0 unspecified atom stereocenters. The Balaban J connectivity index is 2.77. The van der Waals surface area contributed by atoms with Crippen molar-refractivity contribution in [3.63, 3.8) is 0 Å². The van der Waals surface area contributed by atoms with Gasteiger partial charge in [0.25, 0.3) is 0 Å². The van der Waals surface area contributed by atoms with Crippen LogP contribution in [-0.4, -0.2) is 12.0 Å². The molecule has 0 aliphatic heterocycles. The van der Waals surface area contributed by atoms with Crippen molar-refractivity contribution in [1.82, 2.24) is 4.98 Å². The van der Waals surface area contributed by atoms with Crippen molar-refractivity contribution < 1.29 is 4.39 Å². The van der Waals surface area contributed by atoms with Crippen molar-refractivity contribution in [3.05, 3.63) is 29.7 Å². The van der Waals surface area contributed by atoms with Gasteiger partial charge in [-0.15, -0.1) is 0 Å². The van der Waals surface area contributed by atoms with Gasteiger partial charge in [-0.3, -0.25) is 0 Å². The van der Waals surface area contributed by atoms with Crippen molar-refractivity contribution in [1.29, 1.82) is 0 Å². The number of hydrogen-bond acceptors (Lipinski definition) is 1. The Bertz CT molecular complexity index is 445. The standard InChI is InChI=1S/C10H11FN2/c1-6-5-13-9-4-8(11)10(12-2)3-7(6)9/h3-5,12-13H,1-2H3. The number of aromatic amines is 1. The first-order valence-electron chi connectivity index (χ1n) is 4.17. The second kappa shape index (κ2) is 2.76. The zero-order chi connectivity index (χ0) is 9.42. The van der Waals surface area contributed by atoms with Gasteiger partial charge in [-0.25, -0.2) is 4.39 Å². The van der Waals surface area contributed by atoms with Crippen LogP contribution in [0.5, 0.6) is 0 Å². The fourth-order valence-corrected chi connectivity index (χ4v) is 1.47. The smallest absolute Gasteiger partial charge is 0.148 e. The predicted octanol–water partition coefficient (Wildman–Crippen LogP) is 2.66. The maximum atomic E-state index is 13.2. The molecule has 2 rings (SSSR count). The van der Waals surface area contributed by atoms with Crippen molar-refractivity contribution in [3.8, 4) is 0 Å². The molecule has 0 saturated carbocycles. The van der Waals surface area contributed by atoms with E-state index < -0.39 is 0 Å². The number of nitrogens with one attached hydrogen (secondary N) is 2. The van der Waals surface area contributed by atoms with E-state index in [1.54, 1.807) is 7.05 Å². The molecule has 2 N–H and O–H groups in total. The van der Waals surface area contributed by atoms with Gasteiger partial charge in [0.15, 0.2) is 0 Å². The maximum Gasteiger partial charge on any atom is 0.148 e. The van der Waals surface area contributed by atoms with Crippen LogP contribution in [0.4, 0.5) is 10.1 Å². The van der Waals surface area contributed by atoms with E-state index in [2.05, 4.69) is 10.3 Å². The van der Waals surface area contributed by atoms with E-state index in [9.17, 15) is 4.39 Å². The molecule has 13 heavy (non-hydrogen) atoms. The lowest BCUT2D eigenvalue weighted by molar-refractivity contribution is 0.633. The van der Waals surface area contributed by atoms with Crippen molar-refractivity contribution in [2.45, 2.75) is 6.92 Å². The quantitative estimate of drug-likeness (QED) is 0.690. The fraction of sp³-hybridized carbons (Fsp3) is 0.200. The molecule has 0 fully saturated rings. The highest BCUT2D eigenvalue weighted by Crippen LogP contribution is 2.24. The minimum Gasteiger partial charge on any atom is -0.386 e. The first-order valence-corrected chi connectivity index (χ1v) is 4.17. The summed E-state index contributed by atoms with van der Waals surface area (Å²) in [6.45, 7) is 2.00. The summed E-state index contributed by atoms with van der Waals surface area (Å²) in [5.41, 5.74) is 2.51. The lowest BCUT2D eigenvalue weighted by Crippen LogP contribution is -1.91. The topological polar surface area (TPSA) is 27.8 Å². The molecule has 0 aliphatic carbocycles. The van der Waals surface area contributed by atoms with Crippen LogP contribution in [0.15, 0.2) is 18.3 Å². The number of aromatic nitrogens is 1. The van der Waals surface area contributed by atoms with Crippen molar-refractivity contribution in [2.24, 2.45) is 0 Å². The third-order valence-electron chi connectivity index (χ3n) is 2.25. The van der Waals surface area contributed by atoms with Crippen LogP contribution in [0.25, 0.3) is 10.9 Å². The van der Waals surface area contributed by atoms with E-state index in [0.717, 1.165) is 16.5 Å². The minimum atomic E-state index is -0.225. The van der Waals surface area contributed by atoms with Gasteiger partial charge < -0.3 is 10.3 Å². The van der Waals surface area contributed by atoms with E-state index in [0.29, 0.717) is 5.69 Å². The van der Waals surface area contributed by atoms with Gasteiger partial charge in [0.05, 0.1) is 5.69 Å². The molecule has 1 aromatic carbocycles. The number of anilines is 1. The third-order valence-corrected chi connectivity index (χ3v) is 2.25. The molecule has 0 atom stereocenters. The van der Waals surface area contributed by atoms with Crippen LogP contribution < -0.4 is 5.32 Å². The Morgan fingerprint density at radius 3 is 2.85 bits per heavy atom. The average Bonchev–Trinajstić information content (AvgIpc) is 2.46. The maximum absolute atomic E-state index is 13.2. The first kappa shape index (κ1) is 8.10. The summed E-state index contributed by atoms with van der Waals surface area (Å²) in [4.78, 5) is 3.01. The SMILES string of the molecule is CNc1cc2c(C)c[nH]c2cc1F. The summed E-state index contributed by atoms with van der Waals surface area (Å²) >= 11 is 0. The highest BCUT2D eigenvalue weighted by molar-refractivity contribution is 5.86. The summed E-state index contributed by atoms with van der Waals surface area (Å²) in [6, 6.07) is 3.32. The Hall–Kier alpha value is -1.51. The Labute approximate surface area is 75.8 Å². The van der Waals surface area contributed by atoms with E-state index >= 15 is 0 Å². The van der Waals surface area contributed by atoms with Gasteiger partial charge in [0, 0.05) is 30.2 Å². The molecule has 0 saturated heterocycles. The Kier molecular flexibility index (Phi) is 1.72. The number of fused-ring (bicyclic) bond motifs is 1. The largest absolute Gasteiger partial charge is 0.386 e. The van der Waals surface area contributed by atoms with Crippen LogP contribution in [0.2, 0.25) is 0 Å². The molecule has 2 nitrogen and oxygen atoms in total. The second-order valence-corrected chi connectivity index (χ2v) is 3.10. The lowest BCUT2D eigenvalue weighted by Gasteiger charge is -2.02. The normalized spacial score (nSPS) is 10.7. The Morgan fingerprint density at radius 2 is 2.15 bits per heavy atom. The van der Waals surface area contributed by atoms with Gasteiger partial charge in [-0.05, 0) is 18.6 Å².